The molecule has 0 saturated carbocycles. The highest BCUT2D eigenvalue weighted by molar-refractivity contribution is 7.93. The first-order chi connectivity index (χ1) is 8.32. The molecule has 0 aliphatic carbocycles. The van der Waals surface area contributed by atoms with Gasteiger partial charge in [0, 0.05) is 6.54 Å². The Bertz CT molecular complexity index is 206. The van der Waals surface area contributed by atoms with Crippen molar-refractivity contribution in [2.45, 2.75) is 66.5 Å². The molecule has 0 rings (SSSR count). The van der Waals surface area contributed by atoms with Gasteiger partial charge in [0.2, 0.25) is 0 Å². The summed E-state index contributed by atoms with van der Waals surface area (Å²) in [4.78, 5) is 0. The van der Waals surface area contributed by atoms with Gasteiger partial charge in [-0.15, -0.1) is 0 Å². The second kappa shape index (κ2) is 12.4. The molecule has 0 aromatic heterocycles. The van der Waals surface area contributed by atoms with Gasteiger partial charge in [0.15, 0.2) is 0 Å². The van der Waals surface area contributed by atoms with Gasteiger partial charge in [-0.2, -0.15) is 13.5 Å². The molecular formula is C14H34BNOS2. The van der Waals surface area contributed by atoms with Crippen molar-refractivity contribution in [2.24, 2.45) is 11.8 Å². The third-order valence-corrected chi connectivity index (χ3v) is 4.10. The number of rotatable bonds is 10. The van der Waals surface area contributed by atoms with Crippen LogP contribution in [0.5, 0.6) is 0 Å². The van der Waals surface area contributed by atoms with Gasteiger partial charge >= 0.3 is 6.92 Å². The summed E-state index contributed by atoms with van der Waals surface area (Å²) in [5.74, 6) is 2.16. The molecule has 2 nitrogen and oxygen atoms in total. The fourth-order valence-electron chi connectivity index (χ4n) is 1.69. The average molecular weight is 307 g/mol. The van der Waals surface area contributed by atoms with Crippen LogP contribution in [0.2, 0.25) is 12.6 Å². The maximum absolute atomic E-state index is 5.75. The second-order valence-corrected chi connectivity index (χ2v) is 7.33. The topological polar surface area (TPSA) is 12.5 Å². The van der Waals surface area contributed by atoms with E-state index in [9.17, 15) is 0 Å². The zero-order valence-electron chi connectivity index (χ0n) is 13.9. The molecule has 1 unspecified atom stereocenters. The van der Waals surface area contributed by atoms with E-state index in [-0.39, 0.29) is 13.5 Å². The van der Waals surface area contributed by atoms with E-state index in [0.717, 1.165) is 18.4 Å². The molecule has 0 bridgehead atoms. The molecule has 1 atom stereocenters. The van der Waals surface area contributed by atoms with E-state index in [1.54, 1.807) is 0 Å². The molecule has 5 heteroatoms. The summed E-state index contributed by atoms with van der Waals surface area (Å²) < 4.78 is 7.97. The Hall–Kier alpha value is 0.685. The van der Waals surface area contributed by atoms with Crippen molar-refractivity contribution in [1.29, 1.82) is 0 Å². The smallest absolute Gasteiger partial charge is 0.312 e. The first-order valence-corrected chi connectivity index (χ1v) is 8.07. The maximum Gasteiger partial charge on any atom is 0.312 e. The van der Waals surface area contributed by atoms with Crippen LogP contribution < -0.4 is 0 Å². The van der Waals surface area contributed by atoms with Crippen LogP contribution in [0.4, 0.5) is 0 Å². The third-order valence-electron chi connectivity index (χ3n) is 3.31. The average Bonchev–Trinajstić information content (AvgIpc) is 2.24. The highest BCUT2D eigenvalue weighted by Gasteiger charge is 2.16. The largest absolute Gasteiger partial charge is 0.364 e. The number of nitrogens with zero attached hydrogens (tertiary/aromatic N) is 1. The van der Waals surface area contributed by atoms with Crippen LogP contribution in [0.1, 0.15) is 53.9 Å². The standard InChI is InChI=1S/C14H32BNOS.H2S/c1-12(2)9-8-10-14(5)11-16(7)18-17-15(6)13(3)4;/h12-14H,8-11H2,1-7H3;1H2. The fourth-order valence-corrected chi connectivity index (χ4v) is 2.51. The van der Waals surface area contributed by atoms with Gasteiger partial charge in [-0.1, -0.05) is 54.3 Å². The van der Waals surface area contributed by atoms with E-state index < -0.39 is 0 Å². The predicted octanol–water partition coefficient (Wildman–Crippen LogP) is 5.10. The monoisotopic (exact) mass is 307 g/mol. The highest BCUT2D eigenvalue weighted by Crippen LogP contribution is 2.20. The van der Waals surface area contributed by atoms with Gasteiger partial charge in [-0.25, -0.2) is 4.31 Å². The molecule has 0 spiro atoms. The predicted molar refractivity (Wildman–Crippen MR) is 96.3 cm³/mol. The van der Waals surface area contributed by atoms with Gasteiger partial charge in [0.1, 0.15) is 0 Å². The molecule has 0 aliphatic heterocycles. The van der Waals surface area contributed by atoms with E-state index in [1.807, 2.05) is 0 Å². The van der Waals surface area contributed by atoms with Gasteiger partial charge < -0.3 is 4.10 Å². The van der Waals surface area contributed by atoms with Crippen molar-refractivity contribution in [3.63, 3.8) is 0 Å². The van der Waals surface area contributed by atoms with Crippen LogP contribution in [0.15, 0.2) is 0 Å². The Balaban J connectivity index is 0. The lowest BCUT2D eigenvalue weighted by Crippen LogP contribution is -2.22. The summed E-state index contributed by atoms with van der Waals surface area (Å²) in [5.41, 5.74) is 0. The summed E-state index contributed by atoms with van der Waals surface area (Å²) in [6.07, 6.45) is 4.02. The Morgan fingerprint density at radius 3 is 2.16 bits per heavy atom. The number of hydrogen-bond donors (Lipinski definition) is 0. The van der Waals surface area contributed by atoms with Crippen LogP contribution in [0.3, 0.4) is 0 Å². The normalized spacial score (nSPS) is 12.9. The lowest BCUT2D eigenvalue weighted by Gasteiger charge is -2.22. The summed E-state index contributed by atoms with van der Waals surface area (Å²) in [7, 11) is 2.12. The molecular weight excluding hydrogens is 273 g/mol. The molecule has 0 radical (unpaired) electrons. The SMILES string of the molecule is CB(OSN(C)CC(C)CCCC(C)C)C(C)C.S. The summed E-state index contributed by atoms with van der Waals surface area (Å²) >= 11 is 1.51. The quantitative estimate of drug-likeness (QED) is 0.316. The van der Waals surface area contributed by atoms with Crippen molar-refractivity contribution in [1.82, 2.24) is 4.31 Å². The van der Waals surface area contributed by atoms with Gasteiger partial charge in [-0.05, 0) is 31.1 Å². The van der Waals surface area contributed by atoms with Crippen LogP contribution >= 0.6 is 25.7 Å². The summed E-state index contributed by atoms with van der Waals surface area (Å²) in [6.45, 7) is 14.9. The Labute approximate surface area is 133 Å². The minimum absolute atomic E-state index is 0. The van der Waals surface area contributed by atoms with Gasteiger partial charge in [0.25, 0.3) is 0 Å². The molecule has 0 aliphatic rings. The van der Waals surface area contributed by atoms with E-state index in [4.69, 9.17) is 4.10 Å². The first-order valence-electron chi connectivity index (χ1n) is 7.37. The minimum atomic E-state index is 0. The third kappa shape index (κ3) is 13.4. The lowest BCUT2D eigenvalue weighted by molar-refractivity contribution is 0.381. The lowest BCUT2D eigenvalue weighted by atomic mass is 9.61. The first kappa shape index (κ1) is 22.0. The molecule has 0 aromatic rings. The van der Waals surface area contributed by atoms with Crippen molar-refractivity contribution < 1.29 is 4.10 Å². The van der Waals surface area contributed by atoms with Crippen LogP contribution in [-0.2, 0) is 4.10 Å². The summed E-state index contributed by atoms with van der Waals surface area (Å²) in [6, 6.07) is 0. The maximum atomic E-state index is 5.75. The van der Waals surface area contributed by atoms with E-state index in [0.29, 0.717) is 12.7 Å². The zero-order chi connectivity index (χ0) is 14.1. The van der Waals surface area contributed by atoms with Crippen LogP contribution in [0, 0.1) is 11.8 Å². The van der Waals surface area contributed by atoms with Crippen LogP contribution in [-0.4, -0.2) is 24.8 Å². The highest BCUT2D eigenvalue weighted by atomic mass is 32.2. The zero-order valence-corrected chi connectivity index (χ0v) is 15.7. The van der Waals surface area contributed by atoms with E-state index >= 15 is 0 Å². The van der Waals surface area contributed by atoms with Crippen molar-refractivity contribution >= 4 is 32.6 Å². The van der Waals surface area contributed by atoms with Crippen LogP contribution in [0.25, 0.3) is 0 Å². The molecule has 0 fully saturated rings. The molecule has 0 heterocycles. The summed E-state index contributed by atoms with van der Waals surface area (Å²) in [5, 5.41) is 0. The molecule has 0 amide bonds. The van der Waals surface area contributed by atoms with Gasteiger partial charge in [-0.3, -0.25) is 0 Å². The molecule has 0 aromatic carbocycles. The Kier molecular flexibility index (Phi) is 14.4. The molecule has 0 saturated heterocycles. The minimum Gasteiger partial charge on any atom is -0.364 e. The van der Waals surface area contributed by atoms with E-state index in [2.05, 4.69) is 52.8 Å². The van der Waals surface area contributed by atoms with Crippen molar-refractivity contribution in [3.8, 4) is 0 Å². The molecule has 116 valence electrons. The number of hydrogen-bond acceptors (Lipinski definition) is 3. The fraction of sp³-hybridized carbons (Fsp3) is 1.00. The second-order valence-electron chi connectivity index (χ2n) is 6.36. The van der Waals surface area contributed by atoms with Crippen molar-refractivity contribution in [3.05, 3.63) is 0 Å². The van der Waals surface area contributed by atoms with E-state index in [1.165, 1.54) is 31.5 Å². The Morgan fingerprint density at radius 2 is 1.68 bits per heavy atom. The van der Waals surface area contributed by atoms with Crippen molar-refractivity contribution in [2.75, 3.05) is 13.6 Å². The Morgan fingerprint density at radius 1 is 1.11 bits per heavy atom. The molecule has 0 N–H and O–H groups in total. The van der Waals surface area contributed by atoms with Gasteiger partial charge in [0.05, 0.1) is 12.2 Å². The molecule has 19 heavy (non-hydrogen) atoms.